The monoisotopic (exact) mass is 326 g/mol. The number of methoxy groups -OCH3 is 1. The average Bonchev–Trinajstić information content (AvgIpc) is 2.46. The SMILES string of the molecule is COCCOC(=O)C1=C(C)NC(=O)NC1c1ccc(F)cc1F. The van der Waals surface area contributed by atoms with E-state index in [2.05, 4.69) is 10.6 Å². The lowest BCUT2D eigenvalue weighted by atomic mass is 9.95. The van der Waals surface area contributed by atoms with Crippen LogP contribution in [0.4, 0.5) is 13.6 Å². The van der Waals surface area contributed by atoms with Gasteiger partial charge in [-0.05, 0) is 13.0 Å². The molecule has 1 aliphatic heterocycles. The van der Waals surface area contributed by atoms with E-state index in [1.807, 2.05) is 0 Å². The van der Waals surface area contributed by atoms with Gasteiger partial charge >= 0.3 is 12.0 Å². The van der Waals surface area contributed by atoms with Crippen molar-refractivity contribution in [3.63, 3.8) is 0 Å². The van der Waals surface area contributed by atoms with Gasteiger partial charge in [0, 0.05) is 24.4 Å². The highest BCUT2D eigenvalue weighted by molar-refractivity contribution is 5.95. The summed E-state index contributed by atoms with van der Waals surface area (Å²) in [4.78, 5) is 23.9. The third kappa shape index (κ3) is 3.84. The predicted octanol–water partition coefficient (Wildman–Crippen LogP) is 1.78. The van der Waals surface area contributed by atoms with Crippen LogP contribution in [0.3, 0.4) is 0 Å². The molecule has 1 aliphatic rings. The van der Waals surface area contributed by atoms with Crippen molar-refractivity contribution in [2.45, 2.75) is 13.0 Å². The van der Waals surface area contributed by atoms with E-state index in [0.29, 0.717) is 6.07 Å². The normalized spacial score (nSPS) is 17.6. The summed E-state index contributed by atoms with van der Waals surface area (Å²) in [5.41, 5.74) is 0.260. The molecule has 0 aliphatic carbocycles. The van der Waals surface area contributed by atoms with Crippen molar-refractivity contribution < 1.29 is 27.8 Å². The van der Waals surface area contributed by atoms with Crippen LogP contribution >= 0.6 is 0 Å². The highest BCUT2D eigenvalue weighted by atomic mass is 19.1. The van der Waals surface area contributed by atoms with E-state index in [9.17, 15) is 18.4 Å². The minimum Gasteiger partial charge on any atom is -0.460 e. The zero-order chi connectivity index (χ0) is 17.0. The maximum absolute atomic E-state index is 14.0. The molecule has 8 heteroatoms. The lowest BCUT2D eigenvalue weighted by Gasteiger charge is -2.28. The molecular weight excluding hydrogens is 310 g/mol. The van der Waals surface area contributed by atoms with Crippen LogP contribution in [0.2, 0.25) is 0 Å². The number of amides is 2. The molecule has 1 unspecified atom stereocenters. The first-order valence-electron chi connectivity index (χ1n) is 6.83. The Hall–Kier alpha value is -2.48. The van der Waals surface area contributed by atoms with Crippen LogP contribution in [0.1, 0.15) is 18.5 Å². The summed E-state index contributed by atoms with van der Waals surface area (Å²) in [6.07, 6.45) is 0. The van der Waals surface area contributed by atoms with E-state index in [-0.39, 0.29) is 30.0 Å². The van der Waals surface area contributed by atoms with E-state index in [4.69, 9.17) is 9.47 Å². The molecule has 0 saturated carbocycles. The molecule has 1 atom stereocenters. The minimum atomic E-state index is -1.07. The van der Waals surface area contributed by atoms with Gasteiger partial charge in [-0.1, -0.05) is 6.07 Å². The molecule has 1 heterocycles. The topological polar surface area (TPSA) is 76.7 Å². The van der Waals surface area contributed by atoms with Crippen molar-refractivity contribution in [1.29, 1.82) is 0 Å². The van der Waals surface area contributed by atoms with Crippen molar-refractivity contribution in [3.05, 3.63) is 46.7 Å². The van der Waals surface area contributed by atoms with E-state index in [0.717, 1.165) is 6.07 Å². The van der Waals surface area contributed by atoms with Gasteiger partial charge < -0.3 is 20.1 Å². The van der Waals surface area contributed by atoms with Gasteiger partial charge in [0.2, 0.25) is 0 Å². The Morgan fingerprint density at radius 3 is 2.70 bits per heavy atom. The molecule has 1 aromatic carbocycles. The van der Waals surface area contributed by atoms with E-state index in [1.165, 1.54) is 20.1 Å². The maximum Gasteiger partial charge on any atom is 0.338 e. The molecule has 0 spiro atoms. The number of hydrogen-bond donors (Lipinski definition) is 2. The van der Waals surface area contributed by atoms with Crippen LogP contribution in [0.5, 0.6) is 0 Å². The molecule has 0 fully saturated rings. The van der Waals surface area contributed by atoms with Crippen LogP contribution in [-0.2, 0) is 14.3 Å². The standard InChI is InChI=1S/C15H16F2N2O4/c1-8-12(14(20)23-6-5-22-2)13(19-15(21)18-8)10-4-3-9(16)7-11(10)17/h3-4,7,13H,5-6H2,1-2H3,(H2,18,19,21). The smallest absolute Gasteiger partial charge is 0.338 e. The molecule has 6 nitrogen and oxygen atoms in total. The van der Waals surface area contributed by atoms with Gasteiger partial charge in [0.15, 0.2) is 0 Å². The largest absolute Gasteiger partial charge is 0.460 e. The summed E-state index contributed by atoms with van der Waals surface area (Å²) in [6, 6.07) is 1.25. The maximum atomic E-state index is 14.0. The van der Waals surface area contributed by atoms with Crippen molar-refractivity contribution in [3.8, 4) is 0 Å². The van der Waals surface area contributed by atoms with Gasteiger partial charge in [-0.3, -0.25) is 0 Å². The van der Waals surface area contributed by atoms with Crippen LogP contribution in [0, 0.1) is 11.6 Å². The number of benzene rings is 1. The Morgan fingerprint density at radius 2 is 2.04 bits per heavy atom. The summed E-state index contributed by atoms with van der Waals surface area (Å²) in [7, 11) is 1.46. The number of rotatable bonds is 5. The fourth-order valence-corrected chi connectivity index (χ4v) is 2.23. The van der Waals surface area contributed by atoms with Crippen molar-refractivity contribution in [2.75, 3.05) is 20.3 Å². The van der Waals surface area contributed by atoms with Gasteiger partial charge in [-0.2, -0.15) is 0 Å². The molecule has 124 valence electrons. The zero-order valence-electron chi connectivity index (χ0n) is 12.6. The second kappa shape index (κ2) is 7.19. The first-order chi connectivity index (χ1) is 10.9. The summed E-state index contributed by atoms with van der Waals surface area (Å²) in [5, 5.41) is 4.87. The van der Waals surface area contributed by atoms with Crippen LogP contribution in [-0.4, -0.2) is 32.3 Å². The molecular formula is C15H16F2N2O4. The second-order valence-electron chi connectivity index (χ2n) is 4.86. The lowest BCUT2D eigenvalue weighted by molar-refractivity contribution is -0.140. The van der Waals surface area contributed by atoms with Gasteiger partial charge in [0.25, 0.3) is 0 Å². The molecule has 23 heavy (non-hydrogen) atoms. The average molecular weight is 326 g/mol. The van der Waals surface area contributed by atoms with Crippen molar-refractivity contribution in [2.24, 2.45) is 0 Å². The number of esters is 1. The fourth-order valence-electron chi connectivity index (χ4n) is 2.23. The van der Waals surface area contributed by atoms with Gasteiger partial charge in [-0.25, -0.2) is 18.4 Å². The number of ether oxygens (including phenoxy) is 2. The Morgan fingerprint density at radius 1 is 1.30 bits per heavy atom. The number of urea groups is 1. The molecule has 0 radical (unpaired) electrons. The van der Waals surface area contributed by atoms with E-state index >= 15 is 0 Å². The molecule has 2 N–H and O–H groups in total. The van der Waals surface area contributed by atoms with E-state index < -0.39 is 29.7 Å². The number of halogens is 2. The highest BCUT2D eigenvalue weighted by Crippen LogP contribution is 2.29. The van der Waals surface area contributed by atoms with Gasteiger partial charge in [0.1, 0.15) is 18.2 Å². The number of allylic oxidation sites excluding steroid dienone is 1. The molecule has 0 aromatic heterocycles. The third-order valence-corrected chi connectivity index (χ3v) is 3.28. The first kappa shape index (κ1) is 16.9. The summed E-state index contributed by atoms with van der Waals surface area (Å²) < 4.78 is 36.9. The lowest BCUT2D eigenvalue weighted by Crippen LogP contribution is -2.45. The minimum absolute atomic E-state index is 0.0126. The molecule has 0 bridgehead atoms. The molecule has 0 saturated heterocycles. The zero-order valence-corrected chi connectivity index (χ0v) is 12.6. The Labute approximate surface area is 131 Å². The number of nitrogens with one attached hydrogen (secondary N) is 2. The predicted molar refractivity (Wildman–Crippen MR) is 76.3 cm³/mol. The van der Waals surface area contributed by atoms with Crippen LogP contribution in [0.15, 0.2) is 29.5 Å². The van der Waals surface area contributed by atoms with E-state index in [1.54, 1.807) is 0 Å². The number of carbonyl (C=O) groups excluding carboxylic acids is 2. The molecule has 2 amide bonds. The molecule has 2 rings (SSSR count). The van der Waals surface area contributed by atoms with Gasteiger partial charge in [0.05, 0.1) is 18.2 Å². The van der Waals surface area contributed by atoms with Crippen LogP contribution < -0.4 is 10.6 Å². The Balaban J connectivity index is 2.36. The summed E-state index contributed by atoms with van der Waals surface area (Å²) in [5.74, 6) is -2.34. The first-order valence-corrected chi connectivity index (χ1v) is 6.83. The van der Waals surface area contributed by atoms with Crippen molar-refractivity contribution >= 4 is 12.0 Å². The summed E-state index contributed by atoms with van der Waals surface area (Å²) in [6.45, 7) is 1.71. The fraction of sp³-hybridized carbons (Fsp3) is 0.333. The molecule has 1 aromatic rings. The third-order valence-electron chi connectivity index (χ3n) is 3.28. The number of carbonyl (C=O) groups is 2. The van der Waals surface area contributed by atoms with Gasteiger partial charge in [-0.15, -0.1) is 0 Å². The summed E-state index contributed by atoms with van der Waals surface area (Å²) >= 11 is 0. The quantitative estimate of drug-likeness (QED) is 0.639. The van der Waals surface area contributed by atoms with Crippen molar-refractivity contribution in [1.82, 2.24) is 10.6 Å². The van der Waals surface area contributed by atoms with Crippen LogP contribution in [0.25, 0.3) is 0 Å². The second-order valence-corrected chi connectivity index (χ2v) is 4.86. The Kier molecular flexibility index (Phi) is 5.28. The number of hydrogen-bond acceptors (Lipinski definition) is 4. The Bertz CT molecular complexity index is 661. The highest BCUT2D eigenvalue weighted by Gasteiger charge is 2.33.